The van der Waals surface area contributed by atoms with Gasteiger partial charge >= 0.3 is 17.6 Å². The molecule has 0 saturated heterocycles. The van der Waals surface area contributed by atoms with Crippen molar-refractivity contribution in [1.82, 2.24) is 0 Å². The summed E-state index contributed by atoms with van der Waals surface area (Å²) in [6.45, 7) is 8.00. The molecule has 3 rings (SSSR count). The molecule has 1 aromatic heterocycles. The molecule has 0 saturated carbocycles. The highest BCUT2D eigenvalue weighted by Gasteiger charge is 2.50. The first kappa shape index (κ1) is 19.7. The molecule has 7 nitrogen and oxygen atoms in total. The monoisotopic (exact) mass is 386 g/mol. The summed E-state index contributed by atoms with van der Waals surface area (Å²) >= 11 is 0. The van der Waals surface area contributed by atoms with E-state index in [0.717, 1.165) is 0 Å². The number of carbonyl (C=O) groups is 2. The van der Waals surface area contributed by atoms with Crippen LogP contribution in [0.25, 0.3) is 11.0 Å². The van der Waals surface area contributed by atoms with E-state index in [1.54, 1.807) is 52.0 Å². The van der Waals surface area contributed by atoms with Crippen molar-refractivity contribution >= 4 is 22.9 Å². The lowest BCUT2D eigenvalue weighted by Gasteiger charge is -2.33. The molecule has 0 amide bonds. The van der Waals surface area contributed by atoms with Gasteiger partial charge in [0.15, 0.2) is 12.2 Å². The minimum atomic E-state index is -1.11. The number of rotatable bonds is 4. The van der Waals surface area contributed by atoms with Gasteiger partial charge in [-0.15, -0.1) is 0 Å². The Balaban J connectivity index is 2.16. The largest absolute Gasteiger partial charge is 0.481 e. The summed E-state index contributed by atoms with van der Waals surface area (Å²) in [5, 5.41) is 0.664. The van der Waals surface area contributed by atoms with E-state index >= 15 is 0 Å². The third kappa shape index (κ3) is 3.52. The van der Waals surface area contributed by atoms with Crippen molar-refractivity contribution in [2.75, 3.05) is 0 Å². The Kier molecular flexibility index (Phi) is 5.02. The van der Waals surface area contributed by atoms with Crippen molar-refractivity contribution in [2.45, 2.75) is 52.4 Å². The Labute approximate surface area is 161 Å². The molecule has 0 bridgehead atoms. The van der Waals surface area contributed by atoms with Crippen LogP contribution in [0.4, 0.5) is 0 Å². The van der Waals surface area contributed by atoms with Gasteiger partial charge in [0.1, 0.15) is 16.9 Å². The number of hydrogen-bond acceptors (Lipinski definition) is 7. The zero-order valence-corrected chi connectivity index (χ0v) is 16.4. The molecule has 148 valence electrons. The van der Waals surface area contributed by atoms with Crippen molar-refractivity contribution in [3.8, 4) is 5.75 Å². The molecule has 0 spiro atoms. The summed E-state index contributed by atoms with van der Waals surface area (Å²) in [4.78, 5) is 35.9. The Morgan fingerprint density at radius 3 is 2.46 bits per heavy atom. The standard InChI is InChI=1S/C21H22O7/c1-6-11(2)20(24)27-18-16-14(25-19(18)21(4,5)28-12(3)22)9-7-13-8-10-15(23)26-17(13)16/h6-10,18-19H,1-5H3/t18-,19+/m1/s1. The van der Waals surface area contributed by atoms with Crippen LogP contribution in [0.1, 0.15) is 46.3 Å². The normalized spacial score (nSPS) is 19.1. The fourth-order valence-electron chi connectivity index (χ4n) is 3.24. The number of carbonyl (C=O) groups excluding carboxylic acids is 2. The Bertz CT molecular complexity index is 1030. The second-order valence-electron chi connectivity index (χ2n) is 7.18. The van der Waals surface area contributed by atoms with E-state index < -0.39 is 35.4 Å². The molecular weight excluding hydrogens is 364 g/mol. The molecule has 7 heteroatoms. The van der Waals surface area contributed by atoms with Crippen LogP contribution in [0.2, 0.25) is 0 Å². The van der Waals surface area contributed by atoms with Crippen LogP contribution < -0.4 is 10.4 Å². The van der Waals surface area contributed by atoms with E-state index in [1.807, 2.05) is 0 Å². The van der Waals surface area contributed by atoms with Gasteiger partial charge in [0.05, 0.1) is 5.56 Å². The minimum absolute atomic E-state index is 0.280. The third-order valence-electron chi connectivity index (χ3n) is 4.68. The number of hydrogen-bond donors (Lipinski definition) is 0. The highest BCUT2D eigenvalue weighted by atomic mass is 16.6. The van der Waals surface area contributed by atoms with Crippen LogP contribution in [-0.4, -0.2) is 23.6 Å². The molecular formula is C21H22O7. The molecule has 1 aliphatic heterocycles. The van der Waals surface area contributed by atoms with Gasteiger partial charge in [-0.05, 0) is 45.9 Å². The second kappa shape index (κ2) is 7.14. The van der Waals surface area contributed by atoms with E-state index in [2.05, 4.69) is 0 Å². The van der Waals surface area contributed by atoms with E-state index in [4.69, 9.17) is 18.6 Å². The van der Waals surface area contributed by atoms with Crippen molar-refractivity contribution < 1.29 is 28.2 Å². The SMILES string of the molecule is CC=C(C)C(=O)O[C@@H]1c2c(ccc3ccc(=O)oc23)O[C@@H]1C(C)(C)OC(C)=O. The quantitative estimate of drug-likeness (QED) is 0.451. The van der Waals surface area contributed by atoms with Gasteiger partial charge in [0, 0.05) is 23.9 Å². The van der Waals surface area contributed by atoms with Crippen LogP contribution >= 0.6 is 0 Å². The molecule has 2 heterocycles. The molecule has 0 radical (unpaired) electrons. The second-order valence-corrected chi connectivity index (χ2v) is 7.18. The van der Waals surface area contributed by atoms with Gasteiger partial charge in [0.2, 0.25) is 0 Å². The Morgan fingerprint density at radius 1 is 1.14 bits per heavy atom. The van der Waals surface area contributed by atoms with Crippen molar-refractivity contribution in [3.63, 3.8) is 0 Å². The van der Waals surface area contributed by atoms with Crippen LogP contribution in [0.15, 0.2) is 45.1 Å². The molecule has 2 aromatic rings. The Hall–Kier alpha value is -3.09. The average Bonchev–Trinajstić information content (AvgIpc) is 2.99. The predicted molar refractivity (Wildman–Crippen MR) is 101 cm³/mol. The van der Waals surface area contributed by atoms with Gasteiger partial charge in [-0.1, -0.05) is 6.08 Å². The lowest BCUT2D eigenvalue weighted by Crippen LogP contribution is -2.46. The first-order valence-electron chi connectivity index (χ1n) is 8.91. The zero-order valence-electron chi connectivity index (χ0n) is 16.4. The number of fused-ring (bicyclic) bond motifs is 3. The summed E-state index contributed by atoms with van der Waals surface area (Å²) in [6, 6.07) is 6.40. The summed E-state index contributed by atoms with van der Waals surface area (Å²) in [5.41, 5.74) is -0.502. The van der Waals surface area contributed by atoms with Crippen LogP contribution in [-0.2, 0) is 19.1 Å². The van der Waals surface area contributed by atoms with E-state index in [9.17, 15) is 14.4 Å². The maximum absolute atomic E-state index is 12.5. The van der Waals surface area contributed by atoms with E-state index in [1.165, 1.54) is 13.0 Å². The maximum Gasteiger partial charge on any atom is 0.336 e. The van der Waals surface area contributed by atoms with Gasteiger partial charge in [-0.2, -0.15) is 0 Å². The molecule has 0 aliphatic carbocycles. The zero-order chi connectivity index (χ0) is 20.6. The van der Waals surface area contributed by atoms with Crippen LogP contribution in [0.5, 0.6) is 5.75 Å². The maximum atomic E-state index is 12.5. The average molecular weight is 386 g/mol. The fraction of sp³-hybridized carbons (Fsp3) is 0.381. The summed E-state index contributed by atoms with van der Waals surface area (Å²) in [7, 11) is 0. The highest BCUT2D eigenvalue weighted by Crippen LogP contribution is 2.47. The van der Waals surface area contributed by atoms with Gasteiger partial charge < -0.3 is 18.6 Å². The summed E-state index contributed by atoms with van der Waals surface area (Å²) in [6.07, 6.45) is -0.119. The minimum Gasteiger partial charge on any atom is -0.481 e. The number of allylic oxidation sites excluding steroid dienone is 1. The number of benzene rings is 1. The van der Waals surface area contributed by atoms with Crippen molar-refractivity contribution in [1.29, 1.82) is 0 Å². The highest BCUT2D eigenvalue weighted by molar-refractivity contribution is 5.89. The van der Waals surface area contributed by atoms with Crippen LogP contribution in [0, 0.1) is 0 Å². The first-order chi connectivity index (χ1) is 13.1. The van der Waals surface area contributed by atoms with Gasteiger partial charge in [-0.3, -0.25) is 4.79 Å². The third-order valence-corrected chi connectivity index (χ3v) is 4.68. The molecule has 1 aliphatic rings. The first-order valence-corrected chi connectivity index (χ1v) is 8.91. The molecule has 0 N–H and O–H groups in total. The smallest absolute Gasteiger partial charge is 0.336 e. The molecule has 1 aromatic carbocycles. The summed E-state index contributed by atoms with van der Waals surface area (Å²) in [5.74, 6) is -0.624. The number of ether oxygens (including phenoxy) is 3. The fourth-order valence-corrected chi connectivity index (χ4v) is 3.24. The van der Waals surface area contributed by atoms with E-state index in [-0.39, 0.29) is 5.58 Å². The lowest BCUT2D eigenvalue weighted by molar-refractivity contribution is -0.174. The molecule has 2 atom stereocenters. The van der Waals surface area contributed by atoms with E-state index in [0.29, 0.717) is 22.3 Å². The van der Waals surface area contributed by atoms with Gasteiger partial charge in [0.25, 0.3) is 0 Å². The number of esters is 2. The molecule has 0 fully saturated rings. The van der Waals surface area contributed by atoms with Crippen molar-refractivity contribution in [3.05, 3.63) is 51.9 Å². The topological polar surface area (TPSA) is 92.0 Å². The predicted octanol–water partition coefficient (Wildman–Crippen LogP) is 3.45. The molecule has 28 heavy (non-hydrogen) atoms. The Morgan fingerprint density at radius 2 is 1.82 bits per heavy atom. The van der Waals surface area contributed by atoms with Crippen LogP contribution in [0.3, 0.4) is 0 Å². The van der Waals surface area contributed by atoms with Crippen molar-refractivity contribution in [2.24, 2.45) is 0 Å². The lowest BCUT2D eigenvalue weighted by atomic mass is 9.93. The van der Waals surface area contributed by atoms with Gasteiger partial charge in [-0.25, -0.2) is 9.59 Å². The molecule has 0 unspecified atom stereocenters. The summed E-state index contributed by atoms with van der Waals surface area (Å²) < 4.78 is 22.6.